The lowest BCUT2D eigenvalue weighted by Crippen LogP contribution is -2.30. The van der Waals surface area contributed by atoms with Crippen LogP contribution in [0.25, 0.3) is 0 Å². The Labute approximate surface area is 109 Å². The Morgan fingerprint density at radius 3 is 2.26 bits per heavy atom. The zero-order chi connectivity index (χ0) is 14.2. The molecule has 0 amide bonds. The molecular weight excluding hydrogens is 276 g/mol. The van der Waals surface area contributed by atoms with Crippen LogP contribution in [0.15, 0.2) is 23.4 Å². The monoisotopic (exact) mass is 288 g/mol. The van der Waals surface area contributed by atoms with Gasteiger partial charge in [-0.3, -0.25) is 0 Å². The fourth-order valence-electron chi connectivity index (χ4n) is 1.72. The second-order valence-corrected chi connectivity index (χ2v) is 6.03. The van der Waals surface area contributed by atoms with Crippen LogP contribution in [-0.4, -0.2) is 64.3 Å². The van der Waals surface area contributed by atoms with Crippen molar-refractivity contribution in [3.63, 3.8) is 0 Å². The van der Waals surface area contributed by atoms with Gasteiger partial charge in [-0.2, -0.15) is 4.31 Å². The highest BCUT2D eigenvalue weighted by molar-refractivity contribution is 7.89. The van der Waals surface area contributed by atoms with Gasteiger partial charge in [0, 0.05) is 19.3 Å². The minimum atomic E-state index is -3.94. The van der Waals surface area contributed by atoms with Crippen molar-refractivity contribution < 1.29 is 28.5 Å². The maximum atomic E-state index is 12.1. The first-order valence-corrected chi connectivity index (χ1v) is 6.82. The van der Waals surface area contributed by atoms with E-state index in [1.165, 1.54) is 0 Å². The van der Waals surface area contributed by atoms with E-state index in [4.69, 9.17) is 5.11 Å². The fourth-order valence-corrected chi connectivity index (χ4v) is 3.11. The van der Waals surface area contributed by atoms with Crippen LogP contribution in [0.5, 0.6) is 0 Å². The van der Waals surface area contributed by atoms with E-state index < -0.39 is 28.2 Å². The van der Waals surface area contributed by atoms with Crippen LogP contribution < -0.4 is 0 Å². The average Bonchev–Trinajstić information content (AvgIpc) is 2.70. The number of aliphatic hydroxyl groups is 2. The summed E-state index contributed by atoms with van der Waals surface area (Å²) in [6.07, 6.45) is -1.32. The molecule has 1 aromatic rings. The number of carboxylic acid groups (broad SMARTS) is 1. The molecule has 104 valence electrons. The molecule has 8 nitrogen and oxygen atoms in total. The summed E-state index contributed by atoms with van der Waals surface area (Å²) in [5.74, 6) is -1.21. The summed E-state index contributed by atoms with van der Waals surface area (Å²) in [6.45, 7) is -0.433. The van der Waals surface area contributed by atoms with Crippen LogP contribution in [0.3, 0.4) is 0 Å². The van der Waals surface area contributed by atoms with Crippen LogP contribution in [0.4, 0.5) is 0 Å². The summed E-state index contributed by atoms with van der Waals surface area (Å²) in [6, 6.07) is 2.21. The molecule has 2 atom stereocenters. The number of carboxylic acids is 1. The SMILES string of the molecule is O=C(O)c1ccc(S(=O)(=O)N2C[C@@H](O)[C@@H](O)C2)nc1. The number of hydrogen-bond acceptors (Lipinski definition) is 6. The van der Waals surface area contributed by atoms with Gasteiger partial charge in [0.05, 0.1) is 17.8 Å². The number of rotatable bonds is 3. The van der Waals surface area contributed by atoms with Crippen LogP contribution in [0, 0.1) is 0 Å². The summed E-state index contributed by atoms with van der Waals surface area (Å²) >= 11 is 0. The lowest BCUT2D eigenvalue weighted by Gasteiger charge is -2.14. The van der Waals surface area contributed by atoms with E-state index in [0.29, 0.717) is 0 Å². The first-order chi connectivity index (χ1) is 8.82. The molecule has 0 aliphatic carbocycles. The second-order valence-electron chi connectivity index (χ2n) is 4.15. The normalized spacial score (nSPS) is 24.5. The van der Waals surface area contributed by atoms with Crippen LogP contribution in [0.1, 0.15) is 10.4 Å². The first-order valence-electron chi connectivity index (χ1n) is 5.38. The average molecular weight is 288 g/mol. The lowest BCUT2D eigenvalue weighted by molar-refractivity contribution is 0.0572. The van der Waals surface area contributed by atoms with Gasteiger partial charge in [0.15, 0.2) is 5.03 Å². The minimum Gasteiger partial charge on any atom is -0.478 e. The van der Waals surface area contributed by atoms with Crippen LogP contribution in [-0.2, 0) is 10.0 Å². The molecule has 3 N–H and O–H groups in total. The number of nitrogens with zero attached hydrogens (tertiary/aromatic N) is 2. The Morgan fingerprint density at radius 1 is 1.26 bits per heavy atom. The summed E-state index contributed by atoms with van der Waals surface area (Å²) < 4.78 is 25.1. The van der Waals surface area contributed by atoms with Crippen molar-refractivity contribution in [2.75, 3.05) is 13.1 Å². The van der Waals surface area contributed by atoms with Crippen LogP contribution in [0.2, 0.25) is 0 Å². The minimum absolute atomic E-state index is 0.125. The second kappa shape index (κ2) is 4.85. The smallest absolute Gasteiger partial charge is 0.337 e. The van der Waals surface area contributed by atoms with Crippen molar-refractivity contribution in [1.82, 2.24) is 9.29 Å². The predicted molar refractivity (Wildman–Crippen MR) is 62.0 cm³/mol. The number of sulfonamides is 1. The molecule has 1 aliphatic rings. The van der Waals surface area contributed by atoms with Gasteiger partial charge in [-0.25, -0.2) is 18.2 Å². The van der Waals surface area contributed by atoms with Gasteiger partial charge < -0.3 is 15.3 Å². The number of aliphatic hydroxyl groups excluding tert-OH is 2. The van der Waals surface area contributed by atoms with Gasteiger partial charge >= 0.3 is 5.97 Å². The molecule has 9 heteroatoms. The molecule has 0 radical (unpaired) electrons. The molecule has 1 aromatic heterocycles. The highest BCUT2D eigenvalue weighted by atomic mass is 32.2. The number of β-amino-alcohol motifs (C(OH)–C–C–N with tert-alkyl or cyclic N) is 2. The van der Waals surface area contributed by atoms with Crippen molar-refractivity contribution in [3.8, 4) is 0 Å². The Hall–Kier alpha value is -1.55. The number of carbonyl (C=O) groups is 1. The molecule has 0 bridgehead atoms. The van der Waals surface area contributed by atoms with E-state index >= 15 is 0 Å². The Bertz CT molecular complexity index is 575. The zero-order valence-corrected chi connectivity index (χ0v) is 10.5. The lowest BCUT2D eigenvalue weighted by atomic mass is 10.3. The zero-order valence-electron chi connectivity index (χ0n) is 9.67. The highest BCUT2D eigenvalue weighted by Gasteiger charge is 2.38. The largest absolute Gasteiger partial charge is 0.478 e. The summed E-state index contributed by atoms with van der Waals surface area (Å²) in [7, 11) is -3.94. The molecule has 19 heavy (non-hydrogen) atoms. The first kappa shape index (κ1) is 13.9. The third kappa shape index (κ3) is 2.59. The summed E-state index contributed by atoms with van der Waals surface area (Å²) in [5, 5.41) is 27.1. The molecule has 1 aliphatic heterocycles. The maximum Gasteiger partial charge on any atom is 0.337 e. The number of aromatic carboxylic acids is 1. The van der Waals surface area contributed by atoms with Crippen molar-refractivity contribution in [1.29, 1.82) is 0 Å². The molecule has 0 unspecified atom stereocenters. The van der Waals surface area contributed by atoms with E-state index in [1.54, 1.807) is 0 Å². The fraction of sp³-hybridized carbons (Fsp3) is 0.400. The van der Waals surface area contributed by atoms with E-state index in [0.717, 1.165) is 22.6 Å². The van der Waals surface area contributed by atoms with E-state index in [2.05, 4.69) is 4.98 Å². The summed E-state index contributed by atoms with van der Waals surface area (Å²) in [5.41, 5.74) is -0.125. The highest BCUT2D eigenvalue weighted by Crippen LogP contribution is 2.20. The maximum absolute atomic E-state index is 12.1. The van der Waals surface area contributed by atoms with Gasteiger partial charge in [0.25, 0.3) is 10.0 Å². The van der Waals surface area contributed by atoms with Gasteiger partial charge in [0.2, 0.25) is 0 Å². The molecule has 2 heterocycles. The van der Waals surface area contributed by atoms with Gasteiger partial charge in [-0.15, -0.1) is 0 Å². The topological polar surface area (TPSA) is 128 Å². The third-order valence-electron chi connectivity index (χ3n) is 2.81. The van der Waals surface area contributed by atoms with Crippen molar-refractivity contribution >= 4 is 16.0 Å². The number of aromatic nitrogens is 1. The van der Waals surface area contributed by atoms with Gasteiger partial charge in [0.1, 0.15) is 0 Å². The van der Waals surface area contributed by atoms with Gasteiger partial charge in [-0.05, 0) is 12.1 Å². The number of hydrogen-bond donors (Lipinski definition) is 3. The molecule has 1 fully saturated rings. The molecule has 0 saturated carbocycles. The molecular formula is C10H12N2O6S. The Morgan fingerprint density at radius 2 is 1.84 bits per heavy atom. The van der Waals surface area contributed by atoms with Crippen molar-refractivity contribution in [2.45, 2.75) is 17.2 Å². The molecule has 0 aromatic carbocycles. The van der Waals surface area contributed by atoms with Crippen molar-refractivity contribution in [2.24, 2.45) is 0 Å². The third-order valence-corrected chi connectivity index (χ3v) is 4.56. The van der Waals surface area contributed by atoms with E-state index in [9.17, 15) is 23.4 Å². The number of pyridine rings is 1. The van der Waals surface area contributed by atoms with E-state index in [-0.39, 0.29) is 23.7 Å². The Kier molecular flexibility index (Phi) is 3.54. The molecule has 0 spiro atoms. The summed E-state index contributed by atoms with van der Waals surface area (Å²) in [4.78, 5) is 14.2. The standard InChI is InChI=1S/C10H12N2O6S/c13-7-4-12(5-8(7)14)19(17,18)9-2-1-6(3-11-9)10(15)16/h1-3,7-8,13-14H,4-5H2,(H,15,16)/t7-,8+. The molecule has 2 rings (SSSR count). The van der Waals surface area contributed by atoms with E-state index in [1.807, 2.05) is 0 Å². The quantitative estimate of drug-likeness (QED) is 0.617. The Balaban J connectivity index is 2.27. The molecule has 1 saturated heterocycles. The predicted octanol–water partition coefficient (Wildman–Crippen LogP) is -1.49. The van der Waals surface area contributed by atoms with Crippen LogP contribution >= 0.6 is 0 Å². The van der Waals surface area contributed by atoms with Gasteiger partial charge in [-0.1, -0.05) is 0 Å². The van der Waals surface area contributed by atoms with Crippen molar-refractivity contribution in [3.05, 3.63) is 23.9 Å².